The molecule has 0 saturated carbocycles. The van der Waals surface area contributed by atoms with Crippen molar-refractivity contribution in [2.75, 3.05) is 18.5 Å². The minimum absolute atomic E-state index is 0.569. The van der Waals surface area contributed by atoms with E-state index in [0.29, 0.717) is 6.54 Å². The molecule has 0 unspecified atom stereocenters. The van der Waals surface area contributed by atoms with Gasteiger partial charge in [-0.05, 0) is 35.6 Å². The molecule has 1 heterocycles. The summed E-state index contributed by atoms with van der Waals surface area (Å²) in [6.45, 7) is 1.59. The molecule has 1 aromatic heterocycles. The van der Waals surface area contributed by atoms with Crippen molar-refractivity contribution in [2.45, 2.75) is 13.0 Å². The predicted octanol–water partition coefficient (Wildman–Crippen LogP) is 3.65. The smallest absolute Gasteiger partial charge is 0.0375 e. The molecule has 0 bridgehead atoms. The van der Waals surface area contributed by atoms with Crippen LogP contribution in [0.2, 0.25) is 0 Å². The number of benzene rings is 1. The van der Waals surface area contributed by atoms with Gasteiger partial charge in [-0.1, -0.05) is 28.1 Å². The van der Waals surface area contributed by atoms with Crippen molar-refractivity contribution in [1.29, 1.82) is 0 Å². The van der Waals surface area contributed by atoms with Crippen molar-refractivity contribution in [3.05, 3.63) is 50.6 Å². The van der Waals surface area contributed by atoms with Gasteiger partial charge < -0.3 is 10.6 Å². The van der Waals surface area contributed by atoms with E-state index in [-0.39, 0.29) is 0 Å². The summed E-state index contributed by atoms with van der Waals surface area (Å²) in [5.74, 6) is 0. The highest BCUT2D eigenvalue weighted by molar-refractivity contribution is 9.10. The van der Waals surface area contributed by atoms with Crippen LogP contribution < -0.4 is 10.6 Å². The van der Waals surface area contributed by atoms with E-state index < -0.39 is 0 Å². The predicted molar refractivity (Wildman–Crippen MR) is 83.3 cm³/mol. The Morgan fingerprint density at radius 3 is 2.78 bits per heavy atom. The Hall–Kier alpha value is -0.840. The SMILES string of the molecule is CN(CCc1cccs1)c1ccc(CN)c(Br)c1. The molecule has 2 N–H and O–H groups in total. The lowest BCUT2D eigenvalue weighted by molar-refractivity contribution is 0.886. The third kappa shape index (κ3) is 3.34. The molecular weight excluding hydrogens is 308 g/mol. The van der Waals surface area contributed by atoms with Gasteiger partial charge in [-0.25, -0.2) is 0 Å². The van der Waals surface area contributed by atoms with Gasteiger partial charge in [0.15, 0.2) is 0 Å². The van der Waals surface area contributed by atoms with Crippen LogP contribution in [0.4, 0.5) is 5.69 Å². The van der Waals surface area contributed by atoms with Crippen molar-refractivity contribution < 1.29 is 0 Å². The zero-order valence-electron chi connectivity index (χ0n) is 10.4. The maximum absolute atomic E-state index is 5.66. The first-order chi connectivity index (χ1) is 8.70. The first kappa shape index (κ1) is 13.6. The fourth-order valence-electron chi connectivity index (χ4n) is 1.80. The summed E-state index contributed by atoms with van der Waals surface area (Å²) >= 11 is 5.38. The normalized spacial score (nSPS) is 10.6. The van der Waals surface area contributed by atoms with Crippen molar-refractivity contribution in [3.63, 3.8) is 0 Å². The van der Waals surface area contributed by atoms with E-state index in [2.05, 4.69) is 63.6 Å². The molecule has 4 heteroatoms. The molecule has 0 saturated heterocycles. The quantitative estimate of drug-likeness (QED) is 0.909. The number of thiophene rings is 1. The molecule has 0 spiro atoms. The van der Waals surface area contributed by atoms with E-state index in [0.717, 1.165) is 23.0 Å². The Morgan fingerprint density at radius 2 is 2.17 bits per heavy atom. The van der Waals surface area contributed by atoms with E-state index in [1.165, 1.54) is 10.6 Å². The third-order valence-electron chi connectivity index (χ3n) is 2.97. The number of halogens is 1. The number of nitrogens with zero attached hydrogens (tertiary/aromatic N) is 1. The molecule has 0 amide bonds. The summed E-state index contributed by atoms with van der Waals surface area (Å²) in [6.07, 6.45) is 1.09. The van der Waals surface area contributed by atoms with E-state index >= 15 is 0 Å². The zero-order valence-corrected chi connectivity index (χ0v) is 12.8. The Morgan fingerprint density at radius 1 is 1.33 bits per heavy atom. The molecule has 1 aromatic carbocycles. The summed E-state index contributed by atoms with van der Waals surface area (Å²) in [6, 6.07) is 10.6. The van der Waals surface area contributed by atoms with E-state index in [1.54, 1.807) is 0 Å². The van der Waals surface area contributed by atoms with Crippen LogP contribution in [0, 0.1) is 0 Å². The molecule has 0 radical (unpaired) electrons. The second-order valence-electron chi connectivity index (χ2n) is 4.23. The summed E-state index contributed by atoms with van der Waals surface area (Å²) in [7, 11) is 2.12. The largest absolute Gasteiger partial charge is 0.374 e. The second kappa shape index (κ2) is 6.36. The second-order valence-corrected chi connectivity index (χ2v) is 6.12. The number of nitrogens with two attached hydrogens (primary N) is 1. The molecule has 0 aliphatic rings. The monoisotopic (exact) mass is 324 g/mol. The van der Waals surface area contributed by atoms with Gasteiger partial charge in [0.05, 0.1) is 0 Å². The van der Waals surface area contributed by atoms with Gasteiger partial charge in [0.25, 0.3) is 0 Å². The fraction of sp³-hybridized carbons (Fsp3) is 0.286. The Balaban J connectivity index is 2.00. The highest BCUT2D eigenvalue weighted by Crippen LogP contribution is 2.23. The molecule has 2 rings (SSSR count). The third-order valence-corrected chi connectivity index (χ3v) is 4.65. The first-order valence-electron chi connectivity index (χ1n) is 5.92. The van der Waals surface area contributed by atoms with Crippen molar-refractivity contribution in [3.8, 4) is 0 Å². The van der Waals surface area contributed by atoms with Gasteiger partial charge in [-0.15, -0.1) is 11.3 Å². The van der Waals surface area contributed by atoms with Gasteiger partial charge in [-0.2, -0.15) is 0 Å². The van der Waals surface area contributed by atoms with E-state index in [1.807, 2.05) is 11.3 Å². The number of anilines is 1. The molecule has 18 heavy (non-hydrogen) atoms. The minimum atomic E-state index is 0.569. The average Bonchev–Trinajstić information content (AvgIpc) is 2.89. The highest BCUT2D eigenvalue weighted by atomic mass is 79.9. The molecular formula is C14H17BrN2S. The average molecular weight is 325 g/mol. The lowest BCUT2D eigenvalue weighted by Crippen LogP contribution is -2.20. The summed E-state index contributed by atoms with van der Waals surface area (Å²) in [5, 5.41) is 2.13. The summed E-state index contributed by atoms with van der Waals surface area (Å²) in [5.41, 5.74) is 8.02. The van der Waals surface area contributed by atoms with Crippen LogP contribution in [-0.2, 0) is 13.0 Å². The maximum Gasteiger partial charge on any atom is 0.0375 e. The number of rotatable bonds is 5. The van der Waals surface area contributed by atoms with Crippen molar-refractivity contribution in [2.24, 2.45) is 5.73 Å². The fourth-order valence-corrected chi connectivity index (χ4v) is 3.03. The lowest BCUT2D eigenvalue weighted by atomic mass is 10.2. The minimum Gasteiger partial charge on any atom is -0.374 e. The molecule has 0 atom stereocenters. The van der Waals surface area contributed by atoms with Crippen molar-refractivity contribution in [1.82, 2.24) is 0 Å². The molecule has 2 nitrogen and oxygen atoms in total. The lowest BCUT2D eigenvalue weighted by Gasteiger charge is -2.20. The number of hydrogen-bond acceptors (Lipinski definition) is 3. The van der Waals surface area contributed by atoms with E-state index in [4.69, 9.17) is 5.73 Å². The van der Waals surface area contributed by atoms with Crippen LogP contribution in [0.25, 0.3) is 0 Å². The van der Waals surface area contributed by atoms with Gasteiger partial charge in [0.1, 0.15) is 0 Å². The number of hydrogen-bond donors (Lipinski definition) is 1. The molecule has 0 aliphatic carbocycles. The Kier molecular flexibility index (Phi) is 4.80. The van der Waals surface area contributed by atoms with Crippen molar-refractivity contribution >= 4 is 33.0 Å². The Bertz CT molecular complexity index is 497. The van der Waals surface area contributed by atoms with Crippen LogP contribution in [0.3, 0.4) is 0 Å². The zero-order chi connectivity index (χ0) is 13.0. The number of likely N-dealkylation sites (N-methyl/N-ethyl adjacent to an activating group) is 1. The molecule has 96 valence electrons. The maximum atomic E-state index is 5.66. The van der Waals surface area contributed by atoms with Gasteiger partial charge in [-0.3, -0.25) is 0 Å². The van der Waals surface area contributed by atoms with Crippen LogP contribution in [0.15, 0.2) is 40.2 Å². The molecule has 0 fully saturated rings. The van der Waals surface area contributed by atoms with Crippen LogP contribution in [0.1, 0.15) is 10.4 Å². The van der Waals surface area contributed by atoms with Gasteiger partial charge >= 0.3 is 0 Å². The molecule has 0 aliphatic heterocycles. The van der Waals surface area contributed by atoms with Crippen LogP contribution in [-0.4, -0.2) is 13.6 Å². The highest BCUT2D eigenvalue weighted by Gasteiger charge is 2.05. The van der Waals surface area contributed by atoms with Gasteiger partial charge in [0.2, 0.25) is 0 Å². The molecule has 2 aromatic rings. The van der Waals surface area contributed by atoms with Crippen LogP contribution >= 0.6 is 27.3 Å². The summed E-state index contributed by atoms with van der Waals surface area (Å²) < 4.78 is 1.09. The first-order valence-corrected chi connectivity index (χ1v) is 7.60. The van der Waals surface area contributed by atoms with E-state index in [9.17, 15) is 0 Å². The standard InChI is InChI=1S/C14H17BrN2S/c1-17(7-6-13-3-2-8-18-13)12-5-4-11(10-16)14(15)9-12/h2-5,8-9H,6-7,10,16H2,1H3. The van der Waals surface area contributed by atoms with Gasteiger partial charge in [0, 0.05) is 35.2 Å². The Labute approximate surface area is 121 Å². The summed E-state index contributed by atoms with van der Waals surface area (Å²) in [4.78, 5) is 3.70. The topological polar surface area (TPSA) is 29.3 Å². The van der Waals surface area contributed by atoms with Crippen LogP contribution in [0.5, 0.6) is 0 Å².